The second kappa shape index (κ2) is 8.77. The molecule has 2 rings (SSSR count). The monoisotopic (exact) mass is 354 g/mol. The highest BCUT2D eigenvalue weighted by atomic mass is 16.6. The van der Waals surface area contributed by atoms with Crippen LogP contribution in [0, 0.1) is 11.8 Å². The van der Waals surface area contributed by atoms with Crippen molar-refractivity contribution in [1.82, 2.24) is 9.80 Å². The van der Waals surface area contributed by atoms with Crippen molar-refractivity contribution in [2.45, 2.75) is 65.4 Å². The minimum atomic E-state index is -0.438. The number of likely N-dealkylation sites (tertiary alicyclic amines) is 2. The Labute approximate surface area is 151 Å². The molecule has 6 nitrogen and oxygen atoms in total. The number of nitrogens with zero attached hydrogens (tertiary/aromatic N) is 2. The van der Waals surface area contributed by atoms with E-state index in [1.165, 1.54) is 6.42 Å². The van der Waals surface area contributed by atoms with Crippen LogP contribution in [0.2, 0.25) is 0 Å². The van der Waals surface area contributed by atoms with Gasteiger partial charge >= 0.3 is 12.2 Å². The first-order valence-electron chi connectivity index (χ1n) is 9.68. The minimum absolute atomic E-state index is 0.174. The van der Waals surface area contributed by atoms with Gasteiger partial charge in [0.2, 0.25) is 0 Å². The average Bonchev–Trinajstić information content (AvgIpc) is 2.54. The van der Waals surface area contributed by atoms with E-state index in [0.717, 1.165) is 51.9 Å². The van der Waals surface area contributed by atoms with Crippen LogP contribution in [-0.4, -0.2) is 60.4 Å². The molecular formula is C19H34N2O4. The van der Waals surface area contributed by atoms with Gasteiger partial charge in [-0.1, -0.05) is 0 Å². The molecule has 0 aromatic rings. The average molecular weight is 354 g/mol. The highest BCUT2D eigenvalue weighted by molar-refractivity contribution is 5.68. The Morgan fingerprint density at radius 1 is 0.960 bits per heavy atom. The first kappa shape index (κ1) is 19.9. The Bertz CT molecular complexity index is 453. The van der Waals surface area contributed by atoms with E-state index in [9.17, 15) is 9.59 Å². The molecule has 0 radical (unpaired) electrons. The number of hydrogen-bond donors (Lipinski definition) is 0. The minimum Gasteiger partial charge on any atom is -0.450 e. The zero-order valence-corrected chi connectivity index (χ0v) is 16.3. The van der Waals surface area contributed by atoms with Crippen LogP contribution in [0.3, 0.4) is 0 Å². The summed E-state index contributed by atoms with van der Waals surface area (Å²) >= 11 is 0. The maximum Gasteiger partial charge on any atom is 0.410 e. The molecule has 2 fully saturated rings. The number of carbonyl (C=O) groups is 2. The van der Waals surface area contributed by atoms with Gasteiger partial charge in [0, 0.05) is 26.2 Å². The first-order chi connectivity index (χ1) is 11.8. The third-order valence-corrected chi connectivity index (χ3v) is 4.98. The molecule has 2 heterocycles. The normalized spacial score (nSPS) is 22.6. The molecule has 0 aliphatic carbocycles. The number of rotatable bonds is 3. The van der Waals surface area contributed by atoms with Crippen LogP contribution in [0.1, 0.15) is 59.8 Å². The van der Waals surface area contributed by atoms with Crippen molar-refractivity contribution in [2.24, 2.45) is 11.8 Å². The lowest BCUT2D eigenvalue weighted by atomic mass is 9.83. The van der Waals surface area contributed by atoms with E-state index in [1.807, 2.05) is 37.5 Å². The third-order valence-electron chi connectivity index (χ3n) is 4.98. The zero-order valence-electron chi connectivity index (χ0n) is 16.3. The summed E-state index contributed by atoms with van der Waals surface area (Å²) in [6.45, 7) is 11.1. The topological polar surface area (TPSA) is 59.1 Å². The Morgan fingerprint density at radius 2 is 1.64 bits per heavy atom. The van der Waals surface area contributed by atoms with Gasteiger partial charge in [-0.2, -0.15) is 0 Å². The molecule has 0 spiro atoms. The fraction of sp³-hybridized carbons (Fsp3) is 0.895. The van der Waals surface area contributed by atoms with Gasteiger partial charge in [-0.15, -0.1) is 0 Å². The second-order valence-corrected chi connectivity index (χ2v) is 8.30. The van der Waals surface area contributed by atoms with Gasteiger partial charge in [0.05, 0.1) is 6.61 Å². The van der Waals surface area contributed by atoms with E-state index in [-0.39, 0.29) is 12.2 Å². The van der Waals surface area contributed by atoms with Crippen LogP contribution < -0.4 is 0 Å². The van der Waals surface area contributed by atoms with Crippen molar-refractivity contribution in [1.29, 1.82) is 0 Å². The molecule has 1 atom stereocenters. The summed E-state index contributed by atoms with van der Waals surface area (Å²) in [6.07, 6.45) is 5.05. The van der Waals surface area contributed by atoms with E-state index >= 15 is 0 Å². The molecule has 144 valence electrons. The van der Waals surface area contributed by atoms with Crippen molar-refractivity contribution in [3.63, 3.8) is 0 Å². The molecule has 2 aliphatic rings. The molecule has 0 aromatic carbocycles. The summed E-state index contributed by atoms with van der Waals surface area (Å²) in [4.78, 5) is 27.7. The quantitative estimate of drug-likeness (QED) is 0.771. The van der Waals surface area contributed by atoms with Crippen LogP contribution in [0.4, 0.5) is 9.59 Å². The molecule has 0 saturated carbocycles. The Balaban J connectivity index is 1.74. The van der Waals surface area contributed by atoms with Gasteiger partial charge in [-0.05, 0) is 71.6 Å². The van der Waals surface area contributed by atoms with Crippen molar-refractivity contribution in [2.75, 3.05) is 32.8 Å². The van der Waals surface area contributed by atoms with Crippen LogP contribution in [0.25, 0.3) is 0 Å². The molecular weight excluding hydrogens is 320 g/mol. The van der Waals surface area contributed by atoms with Gasteiger partial charge in [-0.25, -0.2) is 9.59 Å². The Kier molecular flexibility index (Phi) is 6.96. The number of hydrogen-bond acceptors (Lipinski definition) is 4. The summed E-state index contributed by atoms with van der Waals surface area (Å²) in [5.74, 6) is 1.18. The SMILES string of the molecule is CCOC(=O)N1CCC[C@@H](CC2CCN(C(=O)OC(C)(C)C)CC2)C1. The maximum absolute atomic E-state index is 12.1. The van der Waals surface area contributed by atoms with Crippen LogP contribution in [-0.2, 0) is 9.47 Å². The molecule has 2 amide bonds. The van der Waals surface area contributed by atoms with Gasteiger partial charge in [0.25, 0.3) is 0 Å². The maximum atomic E-state index is 12.1. The molecule has 25 heavy (non-hydrogen) atoms. The zero-order chi connectivity index (χ0) is 18.4. The molecule has 0 unspecified atom stereocenters. The Hall–Kier alpha value is -1.46. The summed E-state index contributed by atoms with van der Waals surface area (Å²) in [5, 5.41) is 0. The van der Waals surface area contributed by atoms with Crippen LogP contribution in [0.5, 0.6) is 0 Å². The van der Waals surface area contributed by atoms with Crippen molar-refractivity contribution < 1.29 is 19.1 Å². The Morgan fingerprint density at radius 3 is 2.24 bits per heavy atom. The predicted molar refractivity (Wildman–Crippen MR) is 96.5 cm³/mol. The van der Waals surface area contributed by atoms with Crippen molar-refractivity contribution in [3.05, 3.63) is 0 Å². The molecule has 0 aromatic heterocycles. The van der Waals surface area contributed by atoms with E-state index in [2.05, 4.69) is 0 Å². The van der Waals surface area contributed by atoms with E-state index in [4.69, 9.17) is 9.47 Å². The third kappa shape index (κ3) is 6.40. The fourth-order valence-corrected chi connectivity index (χ4v) is 3.79. The number of piperidine rings is 2. The van der Waals surface area contributed by atoms with E-state index in [0.29, 0.717) is 18.4 Å². The van der Waals surface area contributed by atoms with E-state index < -0.39 is 5.60 Å². The van der Waals surface area contributed by atoms with E-state index in [1.54, 1.807) is 0 Å². The van der Waals surface area contributed by atoms with Gasteiger partial charge in [0.15, 0.2) is 0 Å². The summed E-state index contributed by atoms with van der Waals surface area (Å²) in [7, 11) is 0. The predicted octanol–water partition coefficient (Wildman–Crippen LogP) is 3.89. The van der Waals surface area contributed by atoms with Gasteiger partial charge in [0.1, 0.15) is 5.60 Å². The number of carbonyl (C=O) groups excluding carboxylic acids is 2. The standard InChI is InChI=1S/C19H34N2O4/c1-5-24-17(22)21-10-6-7-16(14-21)13-15-8-11-20(12-9-15)18(23)25-19(2,3)4/h15-16H,5-14H2,1-4H3/t16-/m0/s1. The largest absolute Gasteiger partial charge is 0.450 e. The fourth-order valence-electron chi connectivity index (χ4n) is 3.79. The van der Waals surface area contributed by atoms with Crippen molar-refractivity contribution >= 4 is 12.2 Å². The molecule has 6 heteroatoms. The lowest BCUT2D eigenvalue weighted by molar-refractivity contribution is 0.0167. The molecule has 2 aliphatic heterocycles. The molecule has 0 bridgehead atoms. The summed E-state index contributed by atoms with van der Waals surface area (Å²) in [5.41, 5.74) is -0.438. The lowest BCUT2D eigenvalue weighted by Gasteiger charge is -2.37. The number of amides is 2. The first-order valence-corrected chi connectivity index (χ1v) is 9.68. The van der Waals surface area contributed by atoms with Gasteiger partial charge < -0.3 is 19.3 Å². The van der Waals surface area contributed by atoms with Crippen LogP contribution in [0.15, 0.2) is 0 Å². The molecule has 2 saturated heterocycles. The van der Waals surface area contributed by atoms with Crippen LogP contribution >= 0.6 is 0 Å². The van der Waals surface area contributed by atoms with Crippen molar-refractivity contribution in [3.8, 4) is 0 Å². The highest BCUT2D eigenvalue weighted by Crippen LogP contribution is 2.30. The van der Waals surface area contributed by atoms with Gasteiger partial charge in [-0.3, -0.25) is 0 Å². The molecule has 0 N–H and O–H groups in total. The lowest BCUT2D eigenvalue weighted by Crippen LogP contribution is -2.43. The number of ether oxygens (including phenoxy) is 2. The summed E-state index contributed by atoms with van der Waals surface area (Å²) < 4.78 is 10.6. The summed E-state index contributed by atoms with van der Waals surface area (Å²) in [6, 6.07) is 0. The highest BCUT2D eigenvalue weighted by Gasteiger charge is 2.30. The smallest absolute Gasteiger partial charge is 0.410 e. The second-order valence-electron chi connectivity index (χ2n) is 8.30.